The lowest BCUT2D eigenvalue weighted by Crippen LogP contribution is -2.14. The Morgan fingerprint density at radius 3 is 3.13 bits per heavy atom. The van der Waals surface area contributed by atoms with E-state index in [4.69, 9.17) is 5.73 Å². The first-order chi connectivity index (χ1) is 7.33. The zero-order valence-electron chi connectivity index (χ0n) is 8.80. The molecule has 0 saturated heterocycles. The van der Waals surface area contributed by atoms with Crippen molar-refractivity contribution in [1.29, 1.82) is 0 Å². The summed E-state index contributed by atoms with van der Waals surface area (Å²) in [6, 6.07) is 1.80. The molecule has 0 radical (unpaired) electrons. The Morgan fingerprint density at radius 2 is 2.33 bits per heavy atom. The van der Waals surface area contributed by atoms with Crippen molar-refractivity contribution in [3.8, 4) is 0 Å². The predicted molar refractivity (Wildman–Crippen MR) is 57.2 cm³/mol. The Labute approximate surface area is 88.3 Å². The van der Waals surface area contributed by atoms with Gasteiger partial charge < -0.3 is 5.73 Å². The molecule has 2 aromatic heterocycles. The highest BCUT2D eigenvalue weighted by Crippen LogP contribution is 2.14. The molecule has 1 unspecified atom stereocenters. The van der Waals surface area contributed by atoms with Gasteiger partial charge in [0.05, 0.1) is 6.04 Å². The molecule has 0 aliphatic carbocycles. The van der Waals surface area contributed by atoms with Crippen LogP contribution < -0.4 is 5.73 Å². The first-order valence-electron chi connectivity index (χ1n) is 5.24. The fourth-order valence-electron chi connectivity index (χ4n) is 1.57. The minimum absolute atomic E-state index is 0.0517. The number of nitrogens with zero attached hydrogens (tertiary/aromatic N) is 4. The molecule has 2 aromatic rings. The molecular formula is C10H15N5. The van der Waals surface area contributed by atoms with Crippen molar-refractivity contribution in [2.24, 2.45) is 5.73 Å². The standard InChI is InChI=1S/C10H15N5/c1-2-3-5-8(11)9-13-14-10-12-6-4-7-15(9)10/h4,6-8H,2-3,5,11H2,1H3. The average molecular weight is 205 g/mol. The summed E-state index contributed by atoms with van der Waals surface area (Å²) in [7, 11) is 0. The SMILES string of the molecule is CCCCC(N)c1nnc2ncccn12. The Bertz CT molecular complexity index is 436. The van der Waals surface area contributed by atoms with Gasteiger partial charge in [-0.05, 0) is 12.5 Å². The molecule has 15 heavy (non-hydrogen) atoms. The monoisotopic (exact) mass is 205 g/mol. The number of aromatic nitrogens is 4. The van der Waals surface area contributed by atoms with Crippen LogP contribution in [0.2, 0.25) is 0 Å². The second-order valence-electron chi connectivity index (χ2n) is 3.60. The van der Waals surface area contributed by atoms with Crippen LogP contribution in [0, 0.1) is 0 Å². The van der Waals surface area contributed by atoms with Crippen LogP contribution in [0.3, 0.4) is 0 Å². The van der Waals surface area contributed by atoms with Crippen molar-refractivity contribution < 1.29 is 0 Å². The smallest absolute Gasteiger partial charge is 0.254 e. The number of unbranched alkanes of at least 4 members (excludes halogenated alkanes) is 1. The third-order valence-electron chi connectivity index (χ3n) is 2.42. The molecule has 2 rings (SSSR count). The second-order valence-corrected chi connectivity index (χ2v) is 3.60. The third-order valence-corrected chi connectivity index (χ3v) is 2.42. The van der Waals surface area contributed by atoms with Crippen LogP contribution in [0.4, 0.5) is 0 Å². The zero-order valence-corrected chi connectivity index (χ0v) is 8.80. The highest BCUT2D eigenvalue weighted by Gasteiger charge is 2.13. The van der Waals surface area contributed by atoms with Crippen molar-refractivity contribution in [3.63, 3.8) is 0 Å². The van der Waals surface area contributed by atoms with Crippen molar-refractivity contribution >= 4 is 5.78 Å². The Kier molecular flexibility index (Phi) is 2.91. The number of hydrogen-bond donors (Lipinski definition) is 1. The number of hydrogen-bond acceptors (Lipinski definition) is 4. The van der Waals surface area contributed by atoms with Gasteiger partial charge in [-0.3, -0.25) is 4.40 Å². The van der Waals surface area contributed by atoms with Gasteiger partial charge in [0.15, 0.2) is 5.82 Å². The van der Waals surface area contributed by atoms with Gasteiger partial charge in [-0.25, -0.2) is 4.98 Å². The maximum absolute atomic E-state index is 6.04. The van der Waals surface area contributed by atoms with Gasteiger partial charge in [-0.15, -0.1) is 10.2 Å². The van der Waals surface area contributed by atoms with E-state index >= 15 is 0 Å². The molecular weight excluding hydrogens is 190 g/mol. The van der Waals surface area contributed by atoms with Gasteiger partial charge in [0.1, 0.15) is 0 Å². The molecule has 0 bridgehead atoms. The molecule has 0 saturated carbocycles. The van der Waals surface area contributed by atoms with Gasteiger partial charge in [-0.1, -0.05) is 19.8 Å². The van der Waals surface area contributed by atoms with E-state index in [2.05, 4.69) is 22.1 Å². The quantitative estimate of drug-likeness (QED) is 0.817. The summed E-state index contributed by atoms with van der Waals surface area (Å²) in [6.07, 6.45) is 6.78. The fraction of sp³-hybridized carbons (Fsp3) is 0.500. The molecule has 0 spiro atoms. The highest BCUT2D eigenvalue weighted by molar-refractivity contribution is 5.26. The van der Waals surface area contributed by atoms with Crippen LogP contribution in [-0.2, 0) is 0 Å². The van der Waals surface area contributed by atoms with Gasteiger partial charge in [0.2, 0.25) is 0 Å². The topological polar surface area (TPSA) is 69.1 Å². The van der Waals surface area contributed by atoms with Crippen molar-refractivity contribution in [2.45, 2.75) is 32.2 Å². The summed E-state index contributed by atoms with van der Waals surface area (Å²) >= 11 is 0. The Balaban J connectivity index is 2.27. The maximum atomic E-state index is 6.04. The molecule has 1 atom stereocenters. The molecule has 5 heteroatoms. The van der Waals surface area contributed by atoms with Crippen LogP contribution in [0.15, 0.2) is 18.5 Å². The molecule has 0 aliphatic rings. The molecule has 0 fully saturated rings. The van der Waals surface area contributed by atoms with Crippen LogP contribution >= 0.6 is 0 Å². The maximum Gasteiger partial charge on any atom is 0.254 e. The first-order valence-corrected chi connectivity index (χ1v) is 5.24. The normalized spacial score (nSPS) is 13.2. The lowest BCUT2D eigenvalue weighted by Gasteiger charge is -2.07. The zero-order chi connectivity index (χ0) is 10.7. The van der Waals surface area contributed by atoms with Crippen LogP contribution in [0.5, 0.6) is 0 Å². The van der Waals surface area contributed by atoms with E-state index in [1.807, 2.05) is 16.7 Å². The second kappa shape index (κ2) is 4.35. The molecule has 2 heterocycles. The summed E-state index contributed by atoms with van der Waals surface area (Å²) in [4.78, 5) is 4.10. The Hall–Kier alpha value is -1.49. The van der Waals surface area contributed by atoms with Crippen LogP contribution in [-0.4, -0.2) is 19.6 Å². The fourth-order valence-corrected chi connectivity index (χ4v) is 1.57. The third kappa shape index (κ3) is 1.97. The Morgan fingerprint density at radius 1 is 1.47 bits per heavy atom. The van der Waals surface area contributed by atoms with E-state index in [1.165, 1.54) is 0 Å². The largest absolute Gasteiger partial charge is 0.321 e. The van der Waals surface area contributed by atoms with E-state index in [-0.39, 0.29) is 6.04 Å². The summed E-state index contributed by atoms with van der Waals surface area (Å²) in [5, 5.41) is 8.04. The van der Waals surface area contributed by atoms with E-state index in [1.54, 1.807) is 6.20 Å². The van der Waals surface area contributed by atoms with Gasteiger partial charge in [-0.2, -0.15) is 0 Å². The molecule has 5 nitrogen and oxygen atoms in total. The minimum atomic E-state index is -0.0517. The lowest BCUT2D eigenvalue weighted by atomic mass is 10.1. The van der Waals surface area contributed by atoms with Crippen molar-refractivity contribution in [3.05, 3.63) is 24.3 Å². The van der Waals surface area contributed by atoms with Crippen LogP contribution in [0.25, 0.3) is 5.78 Å². The average Bonchev–Trinajstić information content (AvgIpc) is 2.69. The van der Waals surface area contributed by atoms with E-state index < -0.39 is 0 Å². The van der Waals surface area contributed by atoms with Crippen molar-refractivity contribution in [1.82, 2.24) is 19.6 Å². The summed E-state index contributed by atoms with van der Waals surface area (Å²) < 4.78 is 1.85. The molecule has 80 valence electrons. The van der Waals surface area contributed by atoms with Gasteiger partial charge in [0.25, 0.3) is 5.78 Å². The van der Waals surface area contributed by atoms with Gasteiger partial charge >= 0.3 is 0 Å². The lowest BCUT2D eigenvalue weighted by molar-refractivity contribution is 0.570. The summed E-state index contributed by atoms with van der Waals surface area (Å²) in [5.41, 5.74) is 6.04. The van der Waals surface area contributed by atoms with E-state index in [0.29, 0.717) is 5.78 Å². The minimum Gasteiger partial charge on any atom is -0.321 e. The van der Waals surface area contributed by atoms with Gasteiger partial charge in [0, 0.05) is 12.4 Å². The van der Waals surface area contributed by atoms with E-state index in [0.717, 1.165) is 25.1 Å². The predicted octanol–water partition coefficient (Wildman–Crippen LogP) is 1.31. The summed E-state index contributed by atoms with van der Waals surface area (Å²) in [5.74, 6) is 1.41. The number of rotatable bonds is 4. The van der Waals surface area contributed by atoms with E-state index in [9.17, 15) is 0 Å². The number of nitrogens with two attached hydrogens (primary N) is 1. The summed E-state index contributed by atoms with van der Waals surface area (Å²) in [6.45, 7) is 2.15. The molecule has 0 aromatic carbocycles. The van der Waals surface area contributed by atoms with Crippen molar-refractivity contribution in [2.75, 3.05) is 0 Å². The highest BCUT2D eigenvalue weighted by atomic mass is 15.3. The molecule has 2 N–H and O–H groups in total. The first kappa shape index (κ1) is 10.0. The molecule has 0 amide bonds. The number of fused-ring (bicyclic) bond motifs is 1. The van der Waals surface area contributed by atoms with Crippen LogP contribution in [0.1, 0.15) is 38.1 Å². The molecule has 0 aliphatic heterocycles.